The topological polar surface area (TPSA) is 105 Å². The van der Waals surface area contributed by atoms with Crippen molar-refractivity contribution >= 4 is 23.8 Å². The maximum atomic E-state index is 13.5. The van der Waals surface area contributed by atoms with Crippen molar-refractivity contribution in [1.29, 1.82) is 0 Å². The predicted octanol–water partition coefficient (Wildman–Crippen LogP) is 4.24. The summed E-state index contributed by atoms with van der Waals surface area (Å²) < 4.78 is 5.70. The molecule has 2 rings (SSSR count). The Morgan fingerprint density at radius 2 is 1.69 bits per heavy atom. The number of carbonyl (C=O) groups is 4. The van der Waals surface area contributed by atoms with Crippen LogP contribution in [0.4, 0.5) is 4.79 Å². The summed E-state index contributed by atoms with van der Waals surface area (Å²) in [6.07, 6.45) is 2.31. The number of carbonyl (C=O) groups excluding carboxylic acids is 4. The van der Waals surface area contributed by atoms with Gasteiger partial charge >= 0.3 is 12.0 Å². The number of urea groups is 1. The number of ether oxygens (including phenoxy) is 1. The molecule has 0 radical (unpaired) electrons. The van der Waals surface area contributed by atoms with Gasteiger partial charge < -0.3 is 10.1 Å². The van der Waals surface area contributed by atoms with Gasteiger partial charge in [-0.25, -0.2) is 4.79 Å². The zero-order valence-corrected chi connectivity index (χ0v) is 22.1. The third-order valence-electron chi connectivity index (χ3n) is 5.94. The van der Waals surface area contributed by atoms with E-state index < -0.39 is 47.3 Å². The third-order valence-corrected chi connectivity index (χ3v) is 5.94. The molecule has 1 heterocycles. The van der Waals surface area contributed by atoms with Crippen molar-refractivity contribution in [3.05, 3.63) is 35.9 Å². The van der Waals surface area contributed by atoms with E-state index in [4.69, 9.17) is 4.74 Å². The Morgan fingerprint density at radius 1 is 1.06 bits per heavy atom. The van der Waals surface area contributed by atoms with E-state index in [1.807, 2.05) is 58.0 Å². The van der Waals surface area contributed by atoms with Crippen molar-refractivity contribution in [1.82, 2.24) is 15.8 Å². The zero-order valence-electron chi connectivity index (χ0n) is 22.1. The highest BCUT2D eigenvalue weighted by molar-refractivity contribution is 6.05. The quantitative estimate of drug-likeness (QED) is 0.359. The number of hydrogen-bond donors (Lipinski definition) is 2. The van der Waals surface area contributed by atoms with E-state index in [0.717, 1.165) is 17.0 Å². The van der Waals surface area contributed by atoms with Gasteiger partial charge in [0.2, 0.25) is 5.91 Å². The average Bonchev–Trinajstić information content (AvgIpc) is 3.03. The maximum Gasteiger partial charge on any atom is 0.344 e. The summed E-state index contributed by atoms with van der Waals surface area (Å²) in [5.41, 5.74) is 2.95. The molecule has 1 aromatic rings. The third kappa shape index (κ3) is 8.37. The fourth-order valence-corrected chi connectivity index (χ4v) is 4.24. The standard InChI is InChI=1S/C27H41N3O5/c1-17(2)16-21(23(31)29-30-24(32)22(18(3)4)28-26(30)34)20(25(33)35-27(5,6)7)15-11-14-19-12-9-8-10-13-19/h8-10,12-13,17-18,20-22H,11,14-16H2,1-7H3,(H,28,34)(H,29,31)/t20-,21+,22?/m0/s1. The Morgan fingerprint density at radius 3 is 2.20 bits per heavy atom. The number of benzene rings is 1. The van der Waals surface area contributed by atoms with Gasteiger partial charge in [0.1, 0.15) is 11.6 Å². The second-order valence-corrected chi connectivity index (χ2v) is 11.1. The first-order valence-corrected chi connectivity index (χ1v) is 12.5. The van der Waals surface area contributed by atoms with E-state index in [9.17, 15) is 19.2 Å². The monoisotopic (exact) mass is 487 g/mol. The van der Waals surface area contributed by atoms with Crippen molar-refractivity contribution in [2.24, 2.45) is 23.7 Å². The van der Waals surface area contributed by atoms with Crippen LogP contribution in [0.2, 0.25) is 0 Å². The number of aryl methyl sites for hydroxylation is 1. The molecule has 1 fully saturated rings. The Bertz CT molecular complexity index is 892. The number of rotatable bonds is 11. The summed E-state index contributed by atoms with van der Waals surface area (Å²) >= 11 is 0. The molecule has 0 saturated carbocycles. The van der Waals surface area contributed by atoms with Crippen molar-refractivity contribution in [3.8, 4) is 0 Å². The summed E-state index contributed by atoms with van der Waals surface area (Å²) in [6.45, 7) is 13.0. The molecular formula is C27H41N3O5. The minimum atomic E-state index is -0.751. The van der Waals surface area contributed by atoms with Crippen LogP contribution in [0.1, 0.15) is 73.3 Å². The molecule has 0 bridgehead atoms. The largest absolute Gasteiger partial charge is 0.460 e. The highest BCUT2D eigenvalue weighted by Crippen LogP contribution is 2.29. The van der Waals surface area contributed by atoms with E-state index in [1.165, 1.54) is 0 Å². The van der Waals surface area contributed by atoms with E-state index in [-0.39, 0.29) is 11.8 Å². The van der Waals surface area contributed by atoms with Gasteiger partial charge in [0, 0.05) is 0 Å². The summed E-state index contributed by atoms with van der Waals surface area (Å²) in [5, 5.41) is 3.35. The van der Waals surface area contributed by atoms with Gasteiger partial charge in [-0.3, -0.25) is 19.8 Å². The lowest BCUT2D eigenvalue weighted by Gasteiger charge is -2.30. The van der Waals surface area contributed by atoms with Crippen LogP contribution in [0, 0.1) is 23.7 Å². The molecule has 0 aromatic heterocycles. The molecule has 8 nitrogen and oxygen atoms in total. The lowest BCUT2D eigenvalue weighted by molar-refractivity contribution is -0.165. The fourth-order valence-electron chi connectivity index (χ4n) is 4.24. The van der Waals surface area contributed by atoms with Gasteiger partial charge in [-0.2, -0.15) is 5.01 Å². The van der Waals surface area contributed by atoms with Crippen molar-refractivity contribution in [3.63, 3.8) is 0 Å². The van der Waals surface area contributed by atoms with Gasteiger partial charge in [0.05, 0.1) is 11.8 Å². The van der Waals surface area contributed by atoms with Crippen LogP contribution >= 0.6 is 0 Å². The van der Waals surface area contributed by atoms with Crippen LogP contribution in [-0.2, 0) is 25.5 Å². The number of amides is 4. The SMILES string of the molecule is CC(C)C[C@@H](C(=O)NN1C(=O)NC(C(C)C)C1=O)[C@H](CCCc1ccccc1)C(=O)OC(C)(C)C. The van der Waals surface area contributed by atoms with Crippen LogP contribution in [0.15, 0.2) is 30.3 Å². The molecule has 8 heteroatoms. The average molecular weight is 488 g/mol. The van der Waals surface area contributed by atoms with Crippen molar-refractivity contribution in [2.45, 2.75) is 85.8 Å². The number of imide groups is 1. The number of nitrogens with zero attached hydrogens (tertiary/aromatic N) is 1. The van der Waals surface area contributed by atoms with Gasteiger partial charge in [-0.05, 0) is 63.9 Å². The summed E-state index contributed by atoms with van der Waals surface area (Å²) in [5.74, 6) is -2.93. The molecule has 3 atom stereocenters. The maximum absolute atomic E-state index is 13.5. The zero-order chi connectivity index (χ0) is 26.3. The molecule has 4 amide bonds. The molecule has 1 saturated heterocycles. The number of hydrogen-bond acceptors (Lipinski definition) is 5. The Labute approximate surface area is 209 Å². The Kier molecular flexibility index (Phi) is 9.86. The highest BCUT2D eigenvalue weighted by Gasteiger charge is 2.43. The molecule has 1 unspecified atom stereocenters. The van der Waals surface area contributed by atoms with Crippen LogP contribution in [0.5, 0.6) is 0 Å². The normalized spacial score (nSPS) is 18.0. The van der Waals surface area contributed by atoms with Crippen LogP contribution in [0.25, 0.3) is 0 Å². The second kappa shape index (κ2) is 12.2. The van der Waals surface area contributed by atoms with Crippen LogP contribution < -0.4 is 10.7 Å². The smallest absolute Gasteiger partial charge is 0.344 e. The second-order valence-electron chi connectivity index (χ2n) is 11.1. The van der Waals surface area contributed by atoms with Crippen molar-refractivity contribution < 1.29 is 23.9 Å². The summed E-state index contributed by atoms with van der Waals surface area (Å²) in [4.78, 5) is 51.8. The number of nitrogens with one attached hydrogen (secondary N) is 2. The summed E-state index contributed by atoms with van der Waals surface area (Å²) in [7, 11) is 0. The van der Waals surface area contributed by atoms with Crippen LogP contribution in [-0.4, -0.2) is 40.5 Å². The molecule has 1 aliphatic heterocycles. The lowest BCUT2D eigenvalue weighted by Crippen LogP contribution is -2.51. The minimum Gasteiger partial charge on any atom is -0.460 e. The van der Waals surface area contributed by atoms with E-state index in [2.05, 4.69) is 10.7 Å². The van der Waals surface area contributed by atoms with Gasteiger partial charge in [-0.1, -0.05) is 58.0 Å². The van der Waals surface area contributed by atoms with Crippen molar-refractivity contribution in [2.75, 3.05) is 0 Å². The van der Waals surface area contributed by atoms with Gasteiger partial charge in [0.25, 0.3) is 5.91 Å². The predicted molar refractivity (Wildman–Crippen MR) is 134 cm³/mol. The first-order chi connectivity index (χ1) is 16.3. The fraction of sp³-hybridized carbons (Fsp3) is 0.630. The molecule has 0 spiro atoms. The Hall–Kier alpha value is -2.90. The lowest BCUT2D eigenvalue weighted by atomic mass is 9.81. The minimum absolute atomic E-state index is 0.108. The highest BCUT2D eigenvalue weighted by atomic mass is 16.6. The van der Waals surface area contributed by atoms with E-state index in [1.54, 1.807) is 20.8 Å². The molecule has 35 heavy (non-hydrogen) atoms. The molecule has 1 aromatic carbocycles. The summed E-state index contributed by atoms with van der Waals surface area (Å²) in [6, 6.07) is 8.60. The van der Waals surface area contributed by atoms with E-state index >= 15 is 0 Å². The number of hydrazine groups is 1. The van der Waals surface area contributed by atoms with Gasteiger partial charge in [-0.15, -0.1) is 0 Å². The molecule has 1 aliphatic rings. The van der Waals surface area contributed by atoms with Gasteiger partial charge in [0.15, 0.2) is 0 Å². The number of esters is 1. The molecule has 0 aliphatic carbocycles. The van der Waals surface area contributed by atoms with Crippen LogP contribution in [0.3, 0.4) is 0 Å². The first kappa shape index (κ1) is 28.3. The first-order valence-electron chi connectivity index (χ1n) is 12.5. The molecule has 194 valence electrons. The van der Waals surface area contributed by atoms with E-state index in [0.29, 0.717) is 19.3 Å². The molecule has 2 N–H and O–H groups in total. The molecular weight excluding hydrogens is 446 g/mol. The Balaban J connectivity index is 2.25.